The van der Waals surface area contributed by atoms with Crippen LogP contribution in [0.1, 0.15) is 17.0 Å². The third kappa shape index (κ3) is 3.94. The maximum atomic E-state index is 5.96. The molecule has 0 spiro atoms. The van der Waals surface area contributed by atoms with E-state index >= 15 is 0 Å². The van der Waals surface area contributed by atoms with Crippen LogP contribution in [-0.2, 0) is 13.2 Å². The van der Waals surface area contributed by atoms with E-state index in [9.17, 15) is 0 Å². The molecule has 1 aromatic carbocycles. The van der Waals surface area contributed by atoms with Gasteiger partial charge in [-0.1, -0.05) is 23.7 Å². The van der Waals surface area contributed by atoms with Crippen molar-refractivity contribution in [3.8, 4) is 5.75 Å². The Kier molecular flexibility index (Phi) is 4.77. The molecule has 1 heterocycles. The van der Waals surface area contributed by atoms with Gasteiger partial charge in [0, 0.05) is 11.6 Å². The summed E-state index contributed by atoms with van der Waals surface area (Å²) in [6.45, 7) is 3.19. The van der Waals surface area contributed by atoms with Crippen LogP contribution in [0.5, 0.6) is 5.75 Å². The summed E-state index contributed by atoms with van der Waals surface area (Å²) < 4.78 is 5.77. The Morgan fingerprint density at radius 3 is 2.79 bits per heavy atom. The molecule has 0 aliphatic carbocycles. The minimum atomic E-state index is 0.443. The zero-order valence-corrected chi connectivity index (χ0v) is 11.9. The van der Waals surface area contributed by atoms with Crippen LogP contribution in [0.15, 0.2) is 36.4 Å². The van der Waals surface area contributed by atoms with Gasteiger partial charge in [-0.2, -0.15) is 0 Å². The third-order valence-electron chi connectivity index (χ3n) is 2.75. The van der Waals surface area contributed by atoms with Crippen molar-refractivity contribution >= 4 is 11.6 Å². The van der Waals surface area contributed by atoms with E-state index in [0.29, 0.717) is 11.6 Å². The summed E-state index contributed by atoms with van der Waals surface area (Å²) in [6.07, 6.45) is 0. The second-order valence-corrected chi connectivity index (χ2v) is 4.79. The quantitative estimate of drug-likeness (QED) is 0.909. The highest BCUT2D eigenvalue weighted by Gasteiger charge is 2.03. The first-order valence-corrected chi connectivity index (χ1v) is 6.55. The van der Waals surface area contributed by atoms with Gasteiger partial charge in [-0.15, -0.1) is 0 Å². The van der Waals surface area contributed by atoms with Gasteiger partial charge in [0.2, 0.25) is 0 Å². The maximum absolute atomic E-state index is 5.96. The van der Waals surface area contributed by atoms with Gasteiger partial charge >= 0.3 is 0 Å². The molecule has 0 amide bonds. The number of halogens is 1. The van der Waals surface area contributed by atoms with E-state index in [4.69, 9.17) is 16.3 Å². The number of nitrogens with zero attached hydrogens (tertiary/aromatic N) is 1. The fourth-order valence-electron chi connectivity index (χ4n) is 1.77. The van der Waals surface area contributed by atoms with E-state index in [1.807, 2.05) is 50.4 Å². The molecule has 0 radical (unpaired) electrons. The van der Waals surface area contributed by atoms with Crippen LogP contribution in [0.4, 0.5) is 0 Å². The van der Waals surface area contributed by atoms with Gasteiger partial charge in [-0.25, -0.2) is 0 Å². The van der Waals surface area contributed by atoms with Crippen molar-refractivity contribution in [1.82, 2.24) is 10.3 Å². The number of ether oxygens (including phenoxy) is 1. The van der Waals surface area contributed by atoms with Crippen molar-refractivity contribution in [3.05, 3.63) is 58.4 Å². The Labute approximate surface area is 118 Å². The van der Waals surface area contributed by atoms with Gasteiger partial charge in [0.15, 0.2) is 0 Å². The number of rotatable bonds is 5. The van der Waals surface area contributed by atoms with Crippen LogP contribution in [0.25, 0.3) is 0 Å². The zero-order valence-electron chi connectivity index (χ0n) is 11.1. The number of aromatic nitrogens is 1. The van der Waals surface area contributed by atoms with Crippen LogP contribution in [-0.4, -0.2) is 12.0 Å². The largest absolute Gasteiger partial charge is 0.487 e. The predicted molar refractivity (Wildman–Crippen MR) is 77.5 cm³/mol. The van der Waals surface area contributed by atoms with Crippen molar-refractivity contribution < 1.29 is 4.74 Å². The molecule has 2 aromatic rings. The summed E-state index contributed by atoms with van der Waals surface area (Å²) in [4.78, 5) is 4.51. The fourth-order valence-corrected chi connectivity index (χ4v) is 1.93. The fraction of sp³-hybridized carbons (Fsp3) is 0.267. The number of benzene rings is 1. The van der Waals surface area contributed by atoms with Gasteiger partial charge < -0.3 is 10.1 Å². The van der Waals surface area contributed by atoms with E-state index in [0.717, 1.165) is 29.2 Å². The Morgan fingerprint density at radius 2 is 2.00 bits per heavy atom. The Morgan fingerprint density at radius 1 is 1.21 bits per heavy atom. The molecule has 1 N–H and O–H groups in total. The maximum Gasteiger partial charge on any atom is 0.130 e. The van der Waals surface area contributed by atoms with Gasteiger partial charge in [-0.3, -0.25) is 4.98 Å². The second-order valence-electron chi connectivity index (χ2n) is 4.35. The lowest BCUT2D eigenvalue weighted by molar-refractivity contribution is 0.299. The Bertz CT molecular complexity index is 558. The lowest BCUT2D eigenvalue weighted by Crippen LogP contribution is -2.08. The molecule has 0 atom stereocenters. The monoisotopic (exact) mass is 276 g/mol. The first-order chi connectivity index (χ1) is 9.19. The molecule has 0 aliphatic rings. The van der Waals surface area contributed by atoms with Crippen molar-refractivity contribution in [2.45, 2.75) is 20.1 Å². The van der Waals surface area contributed by atoms with E-state index in [1.54, 1.807) is 0 Å². The predicted octanol–water partition coefficient (Wildman–Crippen LogP) is 3.34. The summed E-state index contributed by atoms with van der Waals surface area (Å²) in [7, 11) is 1.90. The minimum Gasteiger partial charge on any atom is -0.487 e. The molecule has 19 heavy (non-hydrogen) atoms. The molecule has 4 heteroatoms. The molecule has 0 bridgehead atoms. The minimum absolute atomic E-state index is 0.443. The SMILES string of the molecule is CNCc1cccc(COc2cc(Cl)ccc2C)n1. The molecule has 0 unspecified atom stereocenters. The van der Waals surface area contributed by atoms with Gasteiger partial charge in [0.1, 0.15) is 12.4 Å². The lowest BCUT2D eigenvalue weighted by Gasteiger charge is -2.10. The van der Waals surface area contributed by atoms with Gasteiger partial charge in [0.05, 0.1) is 11.4 Å². The summed E-state index contributed by atoms with van der Waals surface area (Å²) in [6, 6.07) is 11.6. The highest BCUT2D eigenvalue weighted by molar-refractivity contribution is 6.30. The molecule has 3 nitrogen and oxygen atoms in total. The molecular formula is C15H17ClN2O. The van der Waals surface area contributed by atoms with Crippen molar-refractivity contribution in [2.75, 3.05) is 7.05 Å². The topological polar surface area (TPSA) is 34.1 Å². The standard InChI is InChI=1S/C15H17ClN2O/c1-11-6-7-12(16)8-15(11)19-10-14-5-3-4-13(18-14)9-17-2/h3-8,17H,9-10H2,1-2H3. The first kappa shape index (κ1) is 13.8. The highest BCUT2D eigenvalue weighted by Crippen LogP contribution is 2.23. The summed E-state index contributed by atoms with van der Waals surface area (Å²) in [5, 5.41) is 3.76. The molecule has 0 saturated carbocycles. The molecule has 2 rings (SSSR count). The summed E-state index contributed by atoms with van der Waals surface area (Å²) in [5.74, 6) is 0.799. The van der Waals surface area contributed by atoms with E-state index in [2.05, 4.69) is 10.3 Å². The Balaban J connectivity index is 2.05. The number of hydrogen-bond acceptors (Lipinski definition) is 3. The smallest absolute Gasteiger partial charge is 0.130 e. The molecule has 0 aliphatic heterocycles. The number of nitrogens with one attached hydrogen (secondary N) is 1. The number of aryl methyl sites for hydroxylation is 1. The molecular weight excluding hydrogens is 260 g/mol. The Hall–Kier alpha value is -1.58. The van der Waals surface area contributed by atoms with Crippen LogP contribution in [0.3, 0.4) is 0 Å². The summed E-state index contributed by atoms with van der Waals surface area (Å²) in [5.41, 5.74) is 2.98. The lowest BCUT2D eigenvalue weighted by atomic mass is 10.2. The second kappa shape index (κ2) is 6.55. The van der Waals surface area contributed by atoms with Crippen molar-refractivity contribution in [3.63, 3.8) is 0 Å². The molecule has 0 fully saturated rings. The average Bonchev–Trinajstić information content (AvgIpc) is 2.41. The number of pyridine rings is 1. The van der Waals surface area contributed by atoms with E-state index < -0.39 is 0 Å². The van der Waals surface area contributed by atoms with E-state index in [1.165, 1.54) is 0 Å². The molecule has 100 valence electrons. The summed E-state index contributed by atoms with van der Waals surface area (Å²) >= 11 is 5.96. The average molecular weight is 277 g/mol. The van der Waals surface area contributed by atoms with Crippen LogP contribution in [0, 0.1) is 6.92 Å². The van der Waals surface area contributed by atoms with Crippen molar-refractivity contribution in [2.24, 2.45) is 0 Å². The first-order valence-electron chi connectivity index (χ1n) is 6.17. The zero-order chi connectivity index (χ0) is 13.7. The molecule has 1 aromatic heterocycles. The molecule has 0 saturated heterocycles. The van der Waals surface area contributed by atoms with Gasteiger partial charge in [-0.05, 0) is 43.8 Å². The number of hydrogen-bond donors (Lipinski definition) is 1. The van der Waals surface area contributed by atoms with E-state index in [-0.39, 0.29) is 0 Å². The van der Waals surface area contributed by atoms with Crippen LogP contribution < -0.4 is 10.1 Å². The van der Waals surface area contributed by atoms with Crippen LogP contribution in [0.2, 0.25) is 5.02 Å². The van der Waals surface area contributed by atoms with Gasteiger partial charge in [0.25, 0.3) is 0 Å². The highest BCUT2D eigenvalue weighted by atomic mass is 35.5. The third-order valence-corrected chi connectivity index (χ3v) is 2.98. The van der Waals surface area contributed by atoms with Crippen molar-refractivity contribution in [1.29, 1.82) is 0 Å². The normalized spacial score (nSPS) is 10.5. The van der Waals surface area contributed by atoms with Crippen LogP contribution >= 0.6 is 11.6 Å².